The zero-order chi connectivity index (χ0) is 19.8. The molecule has 2 aromatic rings. The smallest absolute Gasteiger partial charge is 0.191 e. The molecule has 0 bridgehead atoms. The summed E-state index contributed by atoms with van der Waals surface area (Å²) < 4.78 is 15.4. The molecule has 28 heavy (non-hydrogen) atoms. The summed E-state index contributed by atoms with van der Waals surface area (Å²) in [6.45, 7) is 7.21. The van der Waals surface area contributed by atoms with Gasteiger partial charge in [-0.05, 0) is 37.5 Å². The first kappa shape index (κ1) is 20.3. The average molecular weight is 387 g/mol. The molecule has 0 amide bonds. The molecule has 1 fully saturated rings. The van der Waals surface area contributed by atoms with E-state index in [1.807, 2.05) is 12.1 Å². The second-order valence-corrected chi connectivity index (χ2v) is 7.41. The van der Waals surface area contributed by atoms with E-state index >= 15 is 0 Å². The number of aliphatic imine (C=N–C) groups is 1. The predicted octanol–water partition coefficient (Wildman–Crippen LogP) is 3.05. The summed E-state index contributed by atoms with van der Waals surface area (Å²) in [5.41, 5.74) is 1.21. The van der Waals surface area contributed by atoms with E-state index < -0.39 is 0 Å². The molecule has 1 saturated carbocycles. The van der Waals surface area contributed by atoms with Crippen LogP contribution in [0.1, 0.15) is 50.9 Å². The number of benzene rings is 1. The Bertz CT molecular complexity index is 761. The van der Waals surface area contributed by atoms with Gasteiger partial charge in [-0.2, -0.15) is 0 Å². The second kappa shape index (κ2) is 9.66. The highest BCUT2D eigenvalue weighted by atomic mass is 19.1. The number of halogens is 1. The minimum Gasteiger partial charge on any atom is -0.357 e. The Morgan fingerprint density at radius 1 is 1.18 bits per heavy atom. The summed E-state index contributed by atoms with van der Waals surface area (Å²) in [7, 11) is 0. The van der Waals surface area contributed by atoms with Crippen LogP contribution in [0, 0.1) is 5.82 Å². The third-order valence-electron chi connectivity index (χ3n) is 5.56. The van der Waals surface area contributed by atoms with Crippen LogP contribution >= 0.6 is 0 Å². The van der Waals surface area contributed by atoms with Gasteiger partial charge in [0.05, 0.1) is 6.54 Å². The van der Waals surface area contributed by atoms with Crippen LogP contribution in [-0.2, 0) is 18.4 Å². The first-order valence-electron chi connectivity index (χ1n) is 10.3. The van der Waals surface area contributed by atoms with Crippen molar-refractivity contribution in [3.63, 3.8) is 0 Å². The van der Waals surface area contributed by atoms with Crippen LogP contribution in [0.25, 0.3) is 0 Å². The predicted molar refractivity (Wildman–Crippen MR) is 110 cm³/mol. The lowest BCUT2D eigenvalue weighted by Gasteiger charge is -2.28. The zero-order valence-corrected chi connectivity index (χ0v) is 16.9. The Morgan fingerprint density at radius 2 is 1.93 bits per heavy atom. The lowest BCUT2D eigenvalue weighted by Crippen LogP contribution is -2.40. The molecule has 0 atom stereocenters. The Morgan fingerprint density at radius 3 is 2.61 bits per heavy atom. The van der Waals surface area contributed by atoms with E-state index in [1.54, 1.807) is 18.5 Å². The highest BCUT2D eigenvalue weighted by Crippen LogP contribution is 2.41. The van der Waals surface area contributed by atoms with Crippen molar-refractivity contribution in [3.8, 4) is 0 Å². The van der Waals surface area contributed by atoms with Gasteiger partial charge in [-0.1, -0.05) is 31.9 Å². The lowest BCUT2D eigenvalue weighted by atomic mass is 9.79. The van der Waals surface area contributed by atoms with Gasteiger partial charge in [-0.15, -0.1) is 10.2 Å². The van der Waals surface area contributed by atoms with Gasteiger partial charge >= 0.3 is 0 Å². The minimum absolute atomic E-state index is 0.0136. The Balaban J connectivity index is 1.65. The molecule has 0 spiro atoms. The van der Waals surface area contributed by atoms with Crippen LogP contribution < -0.4 is 10.6 Å². The third kappa shape index (κ3) is 4.88. The lowest BCUT2D eigenvalue weighted by molar-refractivity contribution is 0.451. The van der Waals surface area contributed by atoms with Crippen molar-refractivity contribution < 1.29 is 4.39 Å². The number of hydrogen-bond donors (Lipinski definition) is 2. The fraction of sp³-hybridized carbons (Fsp3) is 0.571. The average Bonchev–Trinajstić information content (AvgIpc) is 3.36. The molecule has 0 radical (unpaired) electrons. The molecule has 1 aromatic carbocycles. The molecule has 0 unspecified atom stereocenters. The molecule has 152 valence electrons. The van der Waals surface area contributed by atoms with Gasteiger partial charge in [-0.3, -0.25) is 4.99 Å². The number of aryl methyl sites for hydroxylation is 1. The van der Waals surface area contributed by atoms with Gasteiger partial charge in [0.25, 0.3) is 0 Å². The summed E-state index contributed by atoms with van der Waals surface area (Å²) in [6, 6.07) is 6.98. The SMILES string of the molecule is CCNC(=NCC1(c2ccc(F)cc2)CCCC1)NCCn1cnnc1CC. The molecular weight excluding hydrogens is 355 g/mol. The van der Waals surface area contributed by atoms with Gasteiger partial charge in [0.15, 0.2) is 5.96 Å². The fourth-order valence-corrected chi connectivity index (χ4v) is 4.00. The highest BCUT2D eigenvalue weighted by Gasteiger charge is 2.35. The maximum atomic E-state index is 13.4. The van der Waals surface area contributed by atoms with Crippen molar-refractivity contribution in [1.29, 1.82) is 0 Å². The molecule has 3 rings (SSSR count). The number of hydrogen-bond acceptors (Lipinski definition) is 3. The van der Waals surface area contributed by atoms with Gasteiger partial charge in [0.1, 0.15) is 18.0 Å². The summed E-state index contributed by atoms with van der Waals surface area (Å²) in [5.74, 6) is 1.63. The van der Waals surface area contributed by atoms with Gasteiger partial charge < -0.3 is 15.2 Å². The van der Waals surface area contributed by atoms with E-state index in [2.05, 4.69) is 39.2 Å². The van der Waals surface area contributed by atoms with Crippen LogP contribution in [0.15, 0.2) is 35.6 Å². The van der Waals surface area contributed by atoms with Gasteiger partial charge in [-0.25, -0.2) is 4.39 Å². The first-order chi connectivity index (χ1) is 13.7. The van der Waals surface area contributed by atoms with Crippen LogP contribution in [0.2, 0.25) is 0 Å². The number of aromatic nitrogens is 3. The normalized spacial score (nSPS) is 16.3. The molecule has 1 aliphatic rings. The fourth-order valence-electron chi connectivity index (χ4n) is 4.00. The van der Waals surface area contributed by atoms with Crippen molar-refractivity contribution in [2.45, 2.75) is 57.9 Å². The summed E-state index contributed by atoms with van der Waals surface area (Å²) >= 11 is 0. The first-order valence-corrected chi connectivity index (χ1v) is 10.3. The maximum Gasteiger partial charge on any atom is 0.191 e. The molecule has 0 aliphatic heterocycles. The molecule has 0 saturated heterocycles. The Kier molecular flexibility index (Phi) is 7.01. The van der Waals surface area contributed by atoms with Crippen molar-refractivity contribution in [2.24, 2.45) is 4.99 Å². The molecular formula is C21H31FN6. The van der Waals surface area contributed by atoms with E-state index in [0.29, 0.717) is 6.54 Å². The Hall–Kier alpha value is -2.44. The number of guanidine groups is 1. The van der Waals surface area contributed by atoms with E-state index in [9.17, 15) is 4.39 Å². The van der Waals surface area contributed by atoms with Crippen LogP contribution in [0.3, 0.4) is 0 Å². The van der Waals surface area contributed by atoms with Crippen LogP contribution in [0.5, 0.6) is 0 Å². The zero-order valence-electron chi connectivity index (χ0n) is 16.9. The van der Waals surface area contributed by atoms with Crippen LogP contribution in [-0.4, -0.2) is 40.4 Å². The second-order valence-electron chi connectivity index (χ2n) is 7.41. The van der Waals surface area contributed by atoms with E-state index in [1.165, 1.54) is 18.4 Å². The third-order valence-corrected chi connectivity index (χ3v) is 5.56. The number of nitrogens with zero attached hydrogens (tertiary/aromatic N) is 4. The molecule has 1 aromatic heterocycles. The van der Waals surface area contributed by atoms with E-state index in [-0.39, 0.29) is 11.2 Å². The minimum atomic E-state index is -0.184. The highest BCUT2D eigenvalue weighted by molar-refractivity contribution is 5.79. The summed E-state index contributed by atoms with van der Waals surface area (Å²) in [6.07, 6.45) is 7.24. The van der Waals surface area contributed by atoms with Crippen molar-refractivity contribution in [1.82, 2.24) is 25.4 Å². The standard InChI is InChI=1S/C21H31FN6/c1-3-19-27-26-16-28(19)14-13-24-20(23-4-2)25-15-21(11-5-6-12-21)17-7-9-18(22)10-8-17/h7-10,16H,3-6,11-15H2,1-2H3,(H2,23,24,25). The summed E-state index contributed by atoms with van der Waals surface area (Å²) in [4.78, 5) is 4.89. The molecule has 1 heterocycles. The van der Waals surface area contributed by atoms with Crippen LogP contribution in [0.4, 0.5) is 4.39 Å². The van der Waals surface area contributed by atoms with Gasteiger partial charge in [0, 0.05) is 31.5 Å². The molecule has 1 aliphatic carbocycles. The Labute approximate surface area is 166 Å². The summed E-state index contributed by atoms with van der Waals surface area (Å²) in [5, 5.41) is 14.8. The topological polar surface area (TPSA) is 67.1 Å². The number of nitrogens with one attached hydrogen (secondary N) is 2. The van der Waals surface area contributed by atoms with Crippen molar-refractivity contribution in [2.75, 3.05) is 19.6 Å². The molecule has 7 heteroatoms. The quantitative estimate of drug-likeness (QED) is 0.541. The van der Waals surface area contributed by atoms with E-state index in [4.69, 9.17) is 4.99 Å². The maximum absolute atomic E-state index is 13.4. The molecule has 2 N–H and O–H groups in total. The van der Waals surface area contributed by atoms with E-state index in [0.717, 1.165) is 50.7 Å². The largest absolute Gasteiger partial charge is 0.357 e. The van der Waals surface area contributed by atoms with Crippen molar-refractivity contribution in [3.05, 3.63) is 47.8 Å². The monoisotopic (exact) mass is 386 g/mol. The van der Waals surface area contributed by atoms with Crippen molar-refractivity contribution >= 4 is 5.96 Å². The molecule has 6 nitrogen and oxygen atoms in total. The number of rotatable bonds is 8. The van der Waals surface area contributed by atoms with Gasteiger partial charge in [0.2, 0.25) is 0 Å².